The van der Waals surface area contributed by atoms with E-state index in [-0.39, 0.29) is 0 Å². The fourth-order valence-electron chi connectivity index (χ4n) is 2.20. The van der Waals surface area contributed by atoms with Crippen LogP contribution in [-0.2, 0) is 6.42 Å². The highest BCUT2D eigenvalue weighted by atomic mass is 32.2. The minimum Gasteiger partial charge on any atom is -0.326 e. The summed E-state index contributed by atoms with van der Waals surface area (Å²) in [5, 5.41) is 0.633. The van der Waals surface area contributed by atoms with Gasteiger partial charge >= 0.3 is 0 Å². The Morgan fingerprint density at radius 2 is 1.94 bits per heavy atom. The topological polar surface area (TPSA) is 26.0 Å². The van der Waals surface area contributed by atoms with E-state index in [4.69, 9.17) is 5.73 Å². The number of thioether (sulfide) groups is 2. The summed E-state index contributed by atoms with van der Waals surface area (Å²) < 4.78 is 0. The molecule has 0 amide bonds. The molecule has 0 spiro atoms. The largest absolute Gasteiger partial charge is 0.326 e. The van der Waals surface area contributed by atoms with Crippen LogP contribution in [0.3, 0.4) is 0 Å². The Morgan fingerprint density at radius 1 is 1.22 bits per heavy atom. The van der Waals surface area contributed by atoms with Crippen LogP contribution in [0.4, 0.5) is 0 Å². The van der Waals surface area contributed by atoms with Gasteiger partial charge in [-0.1, -0.05) is 38.1 Å². The maximum absolute atomic E-state index is 6.34. The van der Waals surface area contributed by atoms with Crippen molar-refractivity contribution < 1.29 is 0 Å². The Hall–Kier alpha value is -0.120. The molecule has 1 heterocycles. The Morgan fingerprint density at radius 3 is 2.50 bits per heavy atom. The predicted molar refractivity (Wildman–Crippen MR) is 85.8 cm³/mol. The van der Waals surface area contributed by atoms with Crippen molar-refractivity contribution in [3.05, 3.63) is 35.4 Å². The van der Waals surface area contributed by atoms with Crippen molar-refractivity contribution in [3.63, 3.8) is 0 Å². The third kappa shape index (κ3) is 3.94. The van der Waals surface area contributed by atoms with Gasteiger partial charge in [-0.05, 0) is 23.5 Å². The number of nitrogens with two attached hydrogens (primary N) is 1. The van der Waals surface area contributed by atoms with E-state index >= 15 is 0 Å². The first-order valence-electron chi connectivity index (χ1n) is 6.70. The zero-order valence-corrected chi connectivity index (χ0v) is 12.9. The molecule has 0 bridgehead atoms. The molecular formula is C15H23NS2. The fraction of sp³-hybridized carbons (Fsp3) is 0.600. The van der Waals surface area contributed by atoms with E-state index in [0.29, 0.717) is 17.2 Å². The SMILES string of the molecule is CC(C)c1ccc(CC(N)C2CSCCS2)cc1. The number of rotatable bonds is 4. The number of hydrogen-bond acceptors (Lipinski definition) is 3. The molecule has 0 saturated carbocycles. The number of benzene rings is 1. The van der Waals surface area contributed by atoms with Crippen molar-refractivity contribution >= 4 is 23.5 Å². The second-order valence-electron chi connectivity index (χ2n) is 5.25. The molecule has 1 aliphatic rings. The lowest BCUT2D eigenvalue weighted by atomic mass is 9.98. The highest BCUT2D eigenvalue weighted by Crippen LogP contribution is 2.27. The van der Waals surface area contributed by atoms with Crippen LogP contribution in [0.2, 0.25) is 0 Å². The lowest BCUT2D eigenvalue weighted by Gasteiger charge is -2.26. The lowest BCUT2D eigenvalue weighted by molar-refractivity contribution is 0.663. The van der Waals surface area contributed by atoms with Crippen LogP contribution in [-0.4, -0.2) is 28.6 Å². The fourth-order valence-corrected chi connectivity index (χ4v) is 5.02. The molecule has 100 valence electrons. The third-order valence-corrected chi connectivity index (χ3v) is 6.38. The van der Waals surface area contributed by atoms with Gasteiger partial charge in [-0.15, -0.1) is 0 Å². The summed E-state index contributed by atoms with van der Waals surface area (Å²) in [4.78, 5) is 0. The summed E-state index contributed by atoms with van der Waals surface area (Å²) in [6, 6.07) is 9.28. The van der Waals surface area contributed by atoms with Gasteiger partial charge in [0.15, 0.2) is 0 Å². The van der Waals surface area contributed by atoms with Crippen LogP contribution in [0.5, 0.6) is 0 Å². The van der Waals surface area contributed by atoms with Crippen LogP contribution in [0.15, 0.2) is 24.3 Å². The van der Waals surface area contributed by atoms with Crippen molar-refractivity contribution in [2.75, 3.05) is 17.3 Å². The van der Waals surface area contributed by atoms with Gasteiger partial charge in [0.1, 0.15) is 0 Å². The van der Waals surface area contributed by atoms with Crippen molar-refractivity contribution in [2.24, 2.45) is 5.73 Å². The van der Waals surface area contributed by atoms with Gasteiger partial charge in [-0.2, -0.15) is 23.5 Å². The Labute approximate surface area is 119 Å². The standard InChI is InChI=1S/C15H23NS2/c1-11(2)13-5-3-12(4-6-13)9-14(16)15-10-17-7-8-18-15/h3-6,11,14-15H,7-10,16H2,1-2H3. The maximum atomic E-state index is 6.34. The van der Waals surface area contributed by atoms with Gasteiger partial charge in [-0.3, -0.25) is 0 Å². The summed E-state index contributed by atoms with van der Waals surface area (Å²) >= 11 is 4.10. The van der Waals surface area contributed by atoms with Crippen LogP contribution in [0, 0.1) is 0 Å². The average Bonchev–Trinajstić information content (AvgIpc) is 2.40. The van der Waals surface area contributed by atoms with Gasteiger partial charge < -0.3 is 5.73 Å². The zero-order chi connectivity index (χ0) is 13.0. The number of hydrogen-bond donors (Lipinski definition) is 1. The predicted octanol–water partition coefficient (Wildman–Crippen LogP) is 3.53. The molecule has 3 heteroatoms. The minimum absolute atomic E-state index is 0.299. The molecule has 1 saturated heterocycles. The summed E-state index contributed by atoms with van der Waals surface area (Å²) in [6.45, 7) is 4.47. The van der Waals surface area contributed by atoms with Gasteiger partial charge in [0, 0.05) is 28.6 Å². The average molecular weight is 281 g/mol. The monoisotopic (exact) mass is 281 g/mol. The van der Waals surface area contributed by atoms with Crippen LogP contribution in [0.25, 0.3) is 0 Å². The Kier molecular flexibility index (Phi) is 5.46. The zero-order valence-electron chi connectivity index (χ0n) is 11.3. The van der Waals surface area contributed by atoms with E-state index in [1.54, 1.807) is 0 Å². The highest BCUT2D eigenvalue weighted by Gasteiger charge is 2.21. The van der Waals surface area contributed by atoms with Crippen LogP contribution in [0.1, 0.15) is 30.9 Å². The molecular weight excluding hydrogens is 258 g/mol. The molecule has 18 heavy (non-hydrogen) atoms. The second kappa shape index (κ2) is 6.88. The molecule has 1 nitrogen and oxygen atoms in total. The van der Waals surface area contributed by atoms with Gasteiger partial charge in [-0.25, -0.2) is 0 Å². The third-order valence-electron chi connectivity index (χ3n) is 3.44. The molecule has 2 atom stereocenters. The highest BCUT2D eigenvalue weighted by molar-refractivity contribution is 8.06. The molecule has 1 aromatic carbocycles. The first-order valence-corrected chi connectivity index (χ1v) is 8.91. The first kappa shape index (κ1) is 14.3. The van der Waals surface area contributed by atoms with Crippen molar-refractivity contribution in [2.45, 2.75) is 37.5 Å². The maximum Gasteiger partial charge on any atom is 0.0293 e. The van der Waals surface area contributed by atoms with Gasteiger partial charge in [0.25, 0.3) is 0 Å². The molecule has 2 N–H and O–H groups in total. The van der Waals surface area contributed by atoms with Crippen molar-refractivity contribution in [1.29, 1.82) is 0 Å². The molecule has 0 radical (unpaired) electrons. The molecule has 1 aromatic rings. The Bertz CT molecular complexity index is 355. The quantitative estimate of drug-likeness (QED) is 0.914. The van der Waals surface area contributed by atoms with E-state index < -0.39 is 0 Å². The minimum atomic E-state index is 0.299. The first-order chi connectivity index (χ1) is 8.66. The molecule has 0 aromatic heterocycles. The van der Waals surface area contributed by atoms with E-state index in [9.17, 15) is 0 Å². The summed E-state index contributed by atoms with van der Waals surface area (Å²) in [6.07, 6.45) is 1.01. The van der Waals surface area contributed by atoms with Gasteiger partial charge in [0.2, 0.25) is 0 Å². The summed E-state index contributed by atoms with van der Waals surface area (Å²) in [7, 11) is 0. The molecule has 1 fully saturated rings. The molecule has 2 rings (SSSR count). The van der Waals surface area contributed by atoms with E-state index in [1.807, 2.05) is 11.8 Å². The second-order valence-corrected chi connectivity index (χ2v) is 7.75. The lowest BCUT2D eigenvalue weighted by Crippen LogP contribution is -2.38. The molecule has 0 aliphatic carbocycles. The van der Waals surface area contributed by atoms with E-state index in [2.05, 4.69) is 49.9 Å². The van der Waals surface area contributed by atoms with Crippen molar-refractivity contribution in [1.82, 2.24) is 0 Å². The van der Waals surface area contributed by atoms with Crippen LogP contribution < -0.4 is 5.73 Å². The molecule has 2 unspecified atom stereocenters. The van der Waals surface area contributed by atoms with E-state index in [1.165, 1.54) is 28.4 Å². The normalized spacial score (nSPS) is 22.1. The van der Waals surface area contributed by atoms with Crippen molar-refractivity contribution in [3.8, 4) is 0 Å². The summed E-state index contributed by atoms with van der Waals surface area (Å²) in [5.41, 5.74) is 9.13. The van der Waals surface area contributed by atoms with Crippen LogP contribution >= 0.6 is 23.5 Å². The Balaban J connectivity index is 1.91. The van der Waals surface area contributed by atoms with Gasteiger partial charge in [0.05, 0.1) is 0 Å². The van der Waals surface area contributed by atoms with E-state index in [0.717, 1.165) is 6.42 Å². The molecule has 1 aliphatic heterocycles. The summed E-state index contributed by atoms with van der Waals surface area (Å²) in [5.74, 6) is 4.38. The smallest absolute Gasteiger partial charge is 0.0293 e.